The second kappa shape index (κ2) is 13.9. The van der Waals surface area contributed by atoms with Crippen molar-refractivity contribution in [1.29, 1.82) is 0 Å². The summed E-state index contributed by atoms with van der Waals surface area (Å²) in [5.41, 5.74) is 6.14. The van der Waals surface area contributed by atoms with Crippen molar-refractivity contribution in [1.82, 2.24) is 20.3 Å². The molecule has 238 valence electrons. The van der Waals surface area contributed by atoms with E-state index >= 15 is 0 Å². The average Bonchev–Trinajstić information content (AvgIpc) is 3.26. The van der Waals surface area contributed by atoms with Gasteiger partial charge in [-0.15, -0.1) is 0 Å². The van der Waals surface area contributed by atoms with Crippen molar-refractivity contribution in [3.8, 4) is 5.75 Å². The molecule has 4 aromatic rings. The Labute approximate surface area is 266 Å². The Balaban J connectivity index is 1.42. The van der Waals surface area contributed by atoms with Gasteiger partial charge < -0.3 is 30.1 Å². The van der Waals surface area contributed by atoms with Gasteiger partial charge in [-0.2, -0.15) is 0 Å². The molecule has 4 N–H and O–H groups in total. The summed E-state index contributed by atoms with van der Waals surface area (Å²) in [4.78, 5) is 27.5. The number of nitrogens with zero attached hydrogens (tertiary/aromatic N) is 3. The predicted octanol–water partition coefficient (Wildman–Crippen LogP) is 5.12. The van der Waals surface area contributed by atoms with Crippen molar-refractivity contribution in [2.75, 3.05) is 55.0 Å². The van der Waals surface area contributed by atoms with Crippen LogP contribution in [0.3, 0.4) is 0 Å². The number of hydrogen-bond donors (Lipinski definition) is 4. The highest BCUT2D eigenvalue weighted by molar-refractivity contribution is 7.85. The zero-order valence-corrected chi connectivity index (χ0v) is 27.4. The Morgan fingerprint density at radius 2 is 1.91 bits per heavy atom. The summed E-state index contributed by atoms with van der Waals surface area (Å²) >= 11 is 0. The molecule has 1 aliphatic heterocycles. The first-order chi connectivity index (χ1) is 21.5. The maximum atomic E-state index is 13.6. The number of carbonyl (C=O) groups is 1. The molecule has 0 aliphatic carbocycles. The van der Waals surface area contributed by atoms with E-state index in [0.29, 0.717) is 46.5 Å². The van der Waals surface area contributed by atoms with E-state index in [9.17, 15) is 9.00 Å². The third kappa shape index (κ3) is 7.94. The fraction of sp³-hybridized carbons (Fsp3) is 0.394. The van der Waals surface area contributed by atoms with Crippen LogP contribution in [0.2, 0.25) is 0 Å². The van der Waals surface area contributed by atoms with E-state index in [1.54, 1.807) is 18.4 Å². The Bertz CT molecular complexity index is 1720. The van der Waals surface area contributed by atoms with Gasteiger partial charge >= 0.3 is 0 Å². The minimum atomic E-state index is -1.34. The maximum Gasteiger partial charge on any atom is 0.255 e. The quantitative estimate of drug-likeness (QED) is 0.198. The summed E-state index contributed by atoms with van der Waals surface area (Å²) in [5, 5.41) is 9.82. The molecule has 12 heteroatoms. The van der Waals surface area contributed by atoms with Crippen LogP contribution in [0.15, 0.2) is 48.8 Å². The number of ether oxygens (including phenoxy) is 2. The summed E-state index contributed by atoms with van der Waals surface area (Å²) in [6, 6.07) is 13.2. The van der Waals surface area contributed by atoms with Gasteiger partial charge in [0.15, 0.2) is 11.6 Å². The lowest BCUT2D eigenvalue weighted by molar-refractivity contribution is 0.102. The summed E-state index contributed by atoms with van der Waals surface area (Å²) in [7, 11) is 0.185. The number of fused-ring (bicyclic) bond motifs is 1. The molecule has 1 aliphatic rings. The molecule has 5 rings (SSSR count). The molecule has 1 amide bonds. The van der Waals surface area contributed by atoms with Gasteiger partial charge in [0.05, 0.1) is 37.2 Å². The molecule has 11 nitrogen and oxygen atoms in total. The van der Waals surface area contributed by atoms with Crippen LogP contribution in [0.1, 0.15) is 48.0 Å². The second-order valence-corrected chi connectivity index (χ2v) is 13.4. The highest BCUT2D eigenvalue weighted by atomic mass is 32.2. The number of pyridine rings is 1. The molecular formula is C33H41N7O4S. The van der Waals surface area contributed by atoms with Crippen LogP contribution in [0.25, 0.3) is 11.0 Å². The number of methoxy groups -OCH3 is 1. The van der Waals surface area contributed by atoms with Crippen molar-refractivity contribution in [2.45, 2.75) is 39.5 Å². The molecule has 2 aromatic heterocycles. The lowest BCUT2D eigenvalue weighted by atomic mass is 9.86. The van der Waals surface area contributed by atoms with E-state index in [0.717, 1.165) is 54.1 Å². The molecule has 2 unspecified atom stereocenters. The first kappa shape index (κ1) is 32.3. The maximum absolute atomic E-state index is 13.6. The van der Waals surface area contributed by atoms with Crippen molar-refractivity contribution >= 4 is 50.8 Å². The molecular weight excluding hydrogens is 590 g/mol. The summed E-state index contributed by atoms with van der Waals surface area (Å²) in [6.07, 6.45) is 3.82. The Morgan fingerprint density at radius 1 is 1.11 bits per heavy atom. The first-order valence-corrected chi connectivity index (χ1v) is 16.5. The molecule has 3 heterocycles. The van der Waals surface area contributed by atoms with Gasteiger partial charge in [0, 0.05) is 42.2 Å². The number of aryl methyl sites for hydroxylation is 1. The number of hydrogen-bond acceptors (Lipinski definition) is 9. The minimum absolute atomic E-state index is 0.229. The van der Waals surface area contributed by atoms with Gasteiger partial charge in [0.25, 0.3) is 5.91 Å². The van der Waals surface area contributed by atoms with Gasteiger partial charge in [0.2, 0.25) is 0 Å². The number of nitrogens with one attached hydrogen (secondary N) is 4. The van der Waals surface area contributed by atoms with E-state index in [-0.39, 0.29) is 11.3 Å². The lowest BCUT2D eigenvalue weighted by Gasteiger charge is -2.24. The average molecular weight is 632 g/mol. The normalized spacial score (nSPS) is 16.1. The van der Waals surface area contributed by atoms with Crippen molar-refractivity contribution in [2.24, 2.45) is 5.92 Å². The topological polar surface area (TPSA) is 139 Å². The third-order valence-corrected chi connectivity index (χ3v) is 8.17. The van der Waals surface area contributed by atoms with Gasteiger partial charge in [-0.25, -0.2) is 19.2 Å². The molecule has 2 aromatic carbocycles. The summed E-state index contributed by atoms with van der Waals surface area (Å²) in [5.74, 6) is 0.964. The van der Waals surface area contributed by atoms with E-state index in [1.807, 2.05) is 37.3 Å². The van der Waals surface area contributed by atoms with Crippen molar-refractivity contribution in [3.63, 3.8) is 0 Å². The van der Waals surface area contributed by atoms with Crippen LogP contribution in [0.4, 0.5) is 22.9 Å². The fourth-order valence-corrected chi connectivity index (χ4v) is 5.66. The molecule has 2 atom stereocenters. The zero-order chi connectivity index (χ0) is 32.1. The van der Waals surface area contributed by atoms with E-state index in [4.69, 9.17) is 14.5 Å². The lowest BCUT2D eigenvalue weighted by Crippen LogP contribution is -2.24. The molecule has 0 radical (unpaired) electrons. The number of carbonyl (C=O) groups excluding carboxylic acids is 1. The van der Waals surface area contributed by atoms with Crippen LogP contribution in [0.5, 0.6) is 5.75 Å². The van der Waals surface area contributed by atoms with Crippen LogP contribution >= 0.6 is 0 Å². The molecule has 0 saturated carbocycles. The van der Waals surface area contributed by atoms with Crippen LogP contribution in [-0.4, -0.2) is 64.7 Å². The summed E-state index contributed by atoms with van der Waals surface area (Å²) < 4.78 is 26.4. The SMILES string of the molecule is COc1c(NC(=O)c2ccc(C)c(Nc3ncnc4ccc(CC5CNCCOC5)nc34)c2)cc(C(C)(C)C)cc1NS(C)=O. The molecule has 45 heavy (non-hydrogen) atoms. The number of aromatic nitrogens is 3. The molecule has 1 fully saturated rings. The molecule has 0 spiro atoms. The number of anilines is 4. The van der Waals surface area contributed by atoms with Crippen LogP contribution in [0, 0.1) is 12.8 Å². The Kier molecular flexibility index (Phi) is 9.96. The second-order valence-electron chi connectivity index (χ2n) is 12.3. The predicted molar refractivity (Wildman–Crippen MR) is 180 cm³/mol. The molecule has 1 saturated heterocycles. The highest BCUT2D eigenvalue weighted by Crippen LogP contribution is 2.39. The van der Waals surface area contributed by atoms with Gasteiger partial charge in [-0.05, 0) is 66.3 Å². The zero-order valence-electron chi connectivity index (χ0n) is 26.6. The standard InChI is InChI=1S/C33H41N7O4S/c1-20-7-8-22(32(41)39-27-15-23(33(2,3)4)16-28(30(27)43-5)40-45(6)42)14-26(20)38-31-29-25(35-19-36-31)10-9-24(37-29)13-21-17-34-11-12-44-18-21/h7-10,14-16,19,21,34,40H,11-13,17-18H2,1-6H3,(H,39,41)(H,35,36,38). The van der Waals surface area contributed by atoms with E-state index < -0.39 is 11.0 Å². The number of amides is 1. The largest absolute Gasteiger partial charge is 0.492 e. The Hall–Kier alpha value is -4.13. The minimum Gasteiger partial charge on any atom is -0.492 e. The number of rotatable bonds is 9. The van der Waals surface area contributed by atoms with Gasteiger partial charge in [-0.1, -0.05) is 26.8 Å². The first-order valence-electron chi connectivity index (χ1n) is 14.9. The molecule has 0 bridgehead atoms. The fourth-order valence-electron chi connectivity index (χ4n) is 5.20. The van der Waals surface area contributed by atoms with E-state index in [1.165, 1.54) is 13.4 Å². The van der Waals surface area contributed by atoms with Crippen LogP contribution < -0.4 is 25.4 Å². The monoisotopic (exact) mass is 631 g/mol. The number of benzene rings is 2. The third-order valence-electron chi connectivity index (χ3n) is 7.66. The van der Waals surface area contributed by atoms with Crippen molar-refractivity contribution < 1.29 is 18.5 Å². The summed E-state index contributed by atoms with van der Waals surface area (Å²) in [6.45, 7) is 11.3. The van der Waals surface area contributed by atoms with E-state index in [2.05, 4.69) is 51.4 Å². The van der Waals surface area contributed by atoms with Crippen LogP contribution in [-0.2, 0) is 27.6 Å². The highest BCUT2D eigenvalue weighted by Gasteiger charge is 2.22. The van der Waals surface area contributed by atoms with Gasteiger partial charge in [-0.3, -0.25) is 4.79 Å². The van der Waals surface area contributed by atoms with Gasteiger partial charge in [0.1, 0.15) is 22.8 Å². The smallest absolute Gasteiger partial charge is 0.255 e. The Morgan fingerprint density at radius 3 is 2.67 bits per heavy atom. The van der Waals surface area contributed by atoms with Crippen molar-refractivity contribution in [3.05, 3.63) is 71.2 Å².